The van der Waals surface area contributed by atoms with E-state index in [1.54, 1.807) is 0 Å². The van der Waals surface area contributed by atoms with Crippen LogP contribution in [0.3, 0.4) is 0 Å². The van der Waals surface area contributed by atoms with E-state index in [9.17, 15) is 4.79 Å². The van der Waals surface area contributed by atoms with E-state index in [4.69, 9.17) is 0 Å². The van der Waals surface area contributed by atoms with Crippen LogP contribution in [0, 0.1) is 6.92 Å². The largest absolute Gasteiger partial charge is 0.305 e. The van der Waals surface area contributed by atoms with Gasteiger partial charge in [0.15, 0.2) is 5.82 Å². The molecule has 4 nitrogen and oxygen atoms in total. The Morgan fingerprint density at radius 2 is 2.36 bits per heavy atom. The van der Waals surface area contributed by atoms with Gasteiger partial charge in [-0.3, -0.25) is 4.79 Å². The van der Waals surface area contributed by atoms with Crippen LogP contribution in [0.5, 0.6) is 0 Å². The Morgan fingerprint density at radius 3 is 2.93 bits per heavy atom. The molecule has 0 unspecified atom stereocenters. The quantitative estimate of drug-likeness (QED) is 0.863. The Balaban J connectivity index is 2.53. The van der Waals surface area contributed by atoms with Gasteiger partial charge in [0.2, 0.25) is 0 Å². The van der Waals surface area contributed by atoms with E-state index >= 15 is 0 Å². The lowest BCUT2D eigenvalue weighted by Gasteiger charge is -1.94. The van der Waals surface area contributed by atoms with E-state index in [1.807, 2.05) is 13.0 Å². The van der Waals surface area contributed by atoms with Crippen molar-refractivity contribution in [3.05, 3.63) is 32.8 Å². The first kappa shape index (κ1) is 9.54. The number of nitrogens with one attached hydrogen (secondary N) is 1. The second-order valence-corrected chi connectivity index (χ2v) is 4.40. The minimum absolute atomic E-state index is 0.180. The van der Waals surface area contributed by atoms with Crippen molar-refractivity contribution in [2.75, 3.05) is 0 Å². The predicted octanol–water partition coefficient (Wildman–Crippen LogP) is 1.96. The van der Waals surface area contributed by atoms with Gasteiger partial charge in [-0.05, 0) is 40.5 Å². The molecule has 2 rings (SSSR count). The molecule has 0 aliphatic heterocycles. The average Bonchev–Trinajstić information content (AvgIpc) is 2.57. The Hall–Kier alpha value is -1.01. The third-order valence-corrected chi connectivity index (χ3v) is 3.07. The van der Waals surface area contributed by atoms with Gasteiger partial charge in [-0.1, -0.05) is 0 Å². The van der Waals surface area contributed by atoms with Crippen LogP contribution in [-0.2, 0) is 0 Å². The Bertz CT molecular complexity index is 519. The summed E-state index contributed by atoms with van der Waals surface area (Å²) in [4.78, 5) is 18.9. The van der Waals surface area contributed by atoms with E-state index in [0.29, 0.717) is 10.3 Å². The highest BCUT2D eigenvalue weighted by molar-refractivity contribution is 9.10. The number of aryl methyl sites for hydroxylation is 1. The van der Waals surface area contributed by atoms with Gasteiger partial charge < -0.3 is 4.98 Å². The van der Waals surface area contributed by atoms with E-state index in [2.05, 4.69) is 30.3 Å². The maximum absolute atomic E-state index is 11.3. The molecule has 6 heteroatoms. The normalized spacial score (nSPS) is 10.4. The molecule has 0 saturated carbocycles. The molecule has 2 aromatic rings. The molecule has 14 heavy (non-hydrogen) atoms. The smallest absolute Gasteiger partial charge is 0.265 e. The summed E-state index contributed by atoms with van der Waals surface area (Å²) < 4.78 is 4.55. The lowest BCUT2D eigenvalue weighted by molar-refractivity contribution is 1.12. The average molecular weight is 272 g/mol. The second-order valence-electron chi connectivity index (χ2n) is 2.74. The first-order chi connectivity index (χ1) is 6.66. The summed E-state index contributed by atoms with van der Waals surface area (Å²) in [5.41, 5.74) is 0.747. The fourth-order valence-electron chi connectivity index (χ4n) is 0.980. The minimum Gasteiger partial charge on any atom is -0.305 e. The molecule has 0 fully saturated rings. The number of nitrogens with zero attached hydrogens (tertiary/aromatic N) is 2. The molecule has 0 aromatic carbocycles. The van der Waals surface area contributed by atoms with Gasteiger partial charge in [0, 0.05) is 6.20 Å². The second kappa shape index (κ2) is 3.62. The summed E-state index contributed by atoms with van der Waals surface area (Å²) in [6.07, 6.45) is 1.49. The zero-order chi connectivity index (χ0) is 10.1. The molecule has 2 heterocycles. The van der Waals surface area contributed by atoms with Crippen molar-refractivity contribution in [3.8, 4) is 10.7 Å². The van der Waals surface area contributed by atoms with Crippen molar-refractivity contribution in [3.63, 3.8) is 0 Å². The van der Waals surface area contributed by atoms with E-state index in [-0.39, 0.29) is 5.56 Å². The van der Waals surface area contributed by atoms with E-state index in [1.165, 1.54) is 17.7 Å². The molecule has 0 aliphatic carbocycles. The first-order valence-corrected chi connectivity index (χ1v) is 5.42. The minimum atomic E-state index is -0.180. The van der Waals surface area contributed by atoms with Crippen molar-refractivity contribution < 1.29 is 0 Å². The van der Waals surface area contributed by atoms with Crippen LogP contribution in [0.2, 0.25) is 0 Å². The van der Waals surface area contributed by atoms with Crippen molar-refractivity contribution in [2.45, 2.75) is 6.92 Å². The number of H-pyrrole nitrogens is 1. The van der Waals surface area contributed by atoms with Gasteiger partial charge >= 0.3 is 0 Å². The van der Waals surface area contributed by atoms with E-state index < -0.39 is 0 Å². The van der Waals surface area contributed by atoms with Crippen LogP contribution in [0.1, 0.15) is 5.69 Å². The predicted molar refractivity (Wildman–Crippen MR) is 58.4 cm³/mol. The molecule has 0 bridgehead atoms. The lowest BCUT2D eigenvalue weighted by Crippen LogP contribution is -2.08. The fraction of sp³-hybridized carbons (Fsp3) is 0.125. The molecule has 72 valence electrons. The Morgan fingerprint density at radius 1 is 1.57 bits per heavy atom. The topological polar surface area (TPSA) is 58.6 Å². The number of hydrogen-bond acceptors (Lipinski definition) is 4. The highest BCUT2D eigenvalue weighted by atomic mass is 79.9. The SMILES string of the molecule is Cc1cc(-c2ncc(Br)c(=O)[nH]2)sn1. The molecule has 0 spiro atoms. The van der Waals surface area contributed by atoms with Gasteiger partial charge in [-0.15, -0.1) is 0 Å². The van der Waals surface area contributed by atoms with Gasteiger partial charge in [-0.2, -0.15) is 4.37 Å². The molecule has 0 radical (unpaired) electrons. The highest BCUT2D eigenvalue weighted by Crippen LogP contribution is 2.19. The van der Waals surface area contributed by atoms with Gasteiger partial charge in [-0.25, -0.2) is 4.98 Å². The van der Waals surface area contributed by atoms with Crippen molar-refractivity contribution in [2.24, 2.45) is 0 Å². The number of halogens is 1. The molecule has 0 saturated heterocycles. The summed E-state index contributed by atoms with van der Waals surface area (Å²) in [7, 11) is 0. The van der Waals surface area contributed by atoms with Crippen molar-refractivity contribution in [1.82, 2.24) is 14.3 Å². The summed E-state index contributed by atoms with van der Waals surface area (Å²) in [5, 5.41) is 0. The number of aromatic amines is 1. The monoisotopic (exact) mass is 271 g/mol. The summed E-state index contributed by atoms with van der Waals surface area (Å²) >= 11 is 4.41. The first-order valence-electron chi connectivity index (χ1n) is 3.85. The molecule has 2 aromatic heterocycles. The molecular weight excluding hydrogens is 266 g/mol. The highest BCUT2D eigenvalue weighted by Gasteiger charge is 2.05. The van der Waals surface area contributed by atoms with Gasteiger partial charge in [0.25, 0.3) is 5.56 Å². The summed E-state index contributed by atoms with van der Waals surface area (Å²) in [5.74, 6) is 0.559. The summed E-state index contributed by atoms with van der Waals surface area (Å²) in [6.45, 7) is 1.90. The Labute approximate surface area is 92.3 Å². The molecule has 1 N–H and O–H groups in total. The zero-order valence-corrected chi connectivity index (χ0v) is 9.65. The number of aromatic nitrogens is 3. The van der Waals surface area contributed by atoms with Crippen LogP contribution in [0.4, 0.5) is 0 Å². The fourth-order valence-corrected chi connectivity index (χ4v) is 1.89. The van der Waals surface area contributed by atoms with Crippen molar-refractivity contribution >= 4 is 27.5 Å². The number of hydrogen-bond donors (Lipinski definition) is 1. The Kier molecular flexibility index (Phi) is 2.47. The molecule has 0 aliphatic rings. The maximum atomic E-state index is 11.3. The lowest BCUT2D eigenvalue weighted by atomic mass is 10.4. The van der Waals surface area contributed by atoms with Crippen molar-refractivity contribution in [1.29, 1.82) is 0 Å². The maximum Gasteiger partial charge on any atom is 0.265 e. The third-order valence-electron chi connectivity index (χ3n) is 1.62. The standard InChI is InChI=1S/C8H6BrN3OS/c1-4-2-6(14-12-4)7-10-3-5(9)8(13)11-7/h2-3H,1H3,(H,10,11,13). The molecule has 0 amide bonds. The number of rotatable bonds is 1. The molecule has 0 atom stereocenters. The van der Waals surface area contributed by atoms with Crippen LogP contribution in [0.25, 0.3) is 10.7 Å². The van der Waals surface area contributed by atoms with Crippen LogP contribution >= 0.6 is 27.5 Å². The van der Waals surface area contributed by atoms with Gasteiger partial charge in [0.05, 0.1) is 10.6 Å². The summed E-state index contributed by atoms with van der Waals surface area (Å²) in [6, 6.07) is 1.89. The zero-order valence-electron chi connectivity index (χ0n) is 7.24. The van der Waals surface area contributed by atoms with Gasteiger partial charge in [0.1, 0.15) is 4.47 Å². The third kappa shape index (κ3) is 1.76. The van der Waals surface area contributed by atoms with Crippen LogP contribution in [0.15, 0.2) is 21.5 Å². The van der Waals surface area contributed by atoms with E-state index in [0.717, 1.165) is 10.6 Å². The molecular formula is C8H6BrN3OS. The van der Waals surface area contributed by atoms with Crippen LogP contribution in [-0.4, -0.2) is 14.3 Å². The van der Waals surface area contributed by atoms with Crippen LogP contribution < -0.4 is 5.56 Å².